The summed E-state index contributed by atoms with van der Waals surface area (Å²) in [5, 5.41) is 30.0. The molecule has 3 aliphatic rings. The number of rotatable bonds is 12. The molecule has 218 valence electrons. The van der Waals surface area contributed by atoms with Crippen molar-refractivity contribution in [1.82, 2.24) is 10.2 Å². The SMILES string of the molecule is C=C(/C=C(\C=C/C)CCC1CC(=O)c2cc([C@@H](C)NCC3CCC3)cc(Cl)c2C1)C1(C(=N)N(C)C=N)CC(C#N)C1. The molecule has 0 aliphatic heterocycles. The summed E-state index contributed by atoms with van der Waals surface area (Å²) in [6.45, 7) is 9.48. The summed E-state index contributed by atoms with van der Waals surface area (Å²) >= 11 is 6.79. The Labute approximate surface area is 250 Å². The van der Waals surface area contributed by atoms with E-state index >= 15 is 0 Å². The Morgan fingerprint density at radius 1 is 1.32 bits per heavy atom. The molecule has 0 radical (unpaired) electrons. The number of Topliss-reactive ketones (excluding diaryl/α,β-unsaturated/α-hetero) is 1. The van der Waals surface area contributed by atoms with Gasteiger partial charge in [0, 0.05) is 36.0 Å². The fraction of sp³-hybridized carbons (Fsp3) is 0.529. The molecular formula is C34H44ClN5O. The monoisotopic (exact) mass is 573 g/mol. The number of nitriles is 1. The van der Waals surface area contributed by atoms with E-state index in [-0.39, 0.29) is 23.7 Å². The van der Waals surface area contributed by atoms with Crippen molar-refractivity contribution in [3.8, 4) is 6.07 Å². The number of hydrogen-bond donors (Lipinski definition) is 3. The van der Waals surface area contributed by atoms with Crippen LogP contribution in [-0.4, -0.2) is 36.4 Å². The number of carbonyl (C=O) groups excluding carboxylic acids is 1. The van der Waals surface area contributed by atoms with Crippen molar-refractivity contribution in [3.63, 3.8) is 0 Å². The Morgan fingerprint density at radius 3 is 2.66 bits per heavy atom. The molecule has 0 saturated heterocycles. The fourth-order valence-electron chi connectivity index (χ4n) is 6.49. The second-order valence-electron chi connectivity index (χ2n) is 12.3. The van der Waals surface area contributed by atoms with Gasteiger partial charge in [0.15, 0.2) is 5.78 Å². The molecule has 6 nitrogen and oxygen atoms in total. The standard InChI is InChI=1S/C34H44ClN5O/c1-5-7-24(12-22(2)34(17-27(18-34)19-36)33(38)40(4)21-37)10-11-26-13-29-30(32(41)14-26)15-28(16-31(29)35)23(3)39-20-25-8-6-9-25/h5,7,12,15-16,21,23,25-27,37-39H,2,6,8-11,13-14,17-18,20H2,1,3-4H3/b7-5-,24-12+,37-21?,38-33?/t23-,26?,27?,34?/m1/s1. The van der Waals surface area contributed by atoms with E-state index in [2.05, 4.69) is 43.1 Å². The maximum atomic E-state index is 13.3. The quantitative estimate of drug-likeness (QED) is 0.135. The van der Waals surface area contributed by atoms with Crippen molar-refractivity contribution >= 4 is 29.6 Å². The molecule has 2 atom stereocenters. The molecule has 0 aromatic heterocycles. The summed E-state index contributed by atoms with van der Waals surface area (Å²) in [5.41, 5.74) is 4.10. The Hall–Kier alpha value is -3.01. The first-order valence-corrected chi connectivity index (χ1v) is 15.3. The predicted molar refractivity (Wildman–Crippen MR) is 168 cm³/mol. The zero-order valence-electron chi connectivity index (χ0n) is 24.7. The van der Waals surface area contributed by atoms with Crippen LogP contribution in [0.1, 0.15) is 92.7 Å². The third kappa shape index (κ3) is 6.74. The van der Waals surface area contributed by atoms with E-state index in [1.54, 1.807) is 7.05 Å². The van der Waals surface area contributed by atoms with Crippen molar-refractivity contribution in [2.24, 2.45) is 23.2 Å². The minimum atomic E-state index is -0.631. The van der Waals surface area contributed by atoms with Gasteiger partial charge in [-0.1, -0.05) is 42.8 Å². The van der Waals surface area contributed by atoms with Crippen LogP contribution in [0.4, 0.5) is 0 Å². The van der Waals surface area contributed by atoms with Gasteiger partial charge < -0.3 is 10.2 Å². The van der Waals surface area contributed by atoms with E-state index in [1.807, 2.05) is 19.1 Å². The van der Waals surface area contributed by atoms with Crippen molar-refractivity contribution in [2.75, 3.05) is 13.6 Å². The third-order valence-corrected chi connectivity index (χ3v) is 9.83. The largest absolute Gasteiger partial charge is 0.324 e. The number of carbonyl (C=O) groups is 1. The maximum Gasteiger partial charge on any atom is 0.163 e. The van der Waals surface area contributed by atoms with Crippen LogP contribution in [0.25, 0.3) is 0 Å². The number of nitrogens with zero attached hydrogens (tertiary/aromatic N) is 2. The van der Waals surface area contributed by atoms with Crippen LogP contribution in [0.15, 0.2) is 48.1 Å². The summed E-state index contributed by atoms with van der Waals surface area (Å²) < 4.78 is 0. The second kappa shape index (κ2) is 13.3. The Kier molecular flexibility index (Phi) is 10.0. The van der Waals surface area contributed by atoms with Gasteiger partial charge in [0.2, 0.25) is 0 Å². The van der Waals surface area contributed by atoms with E-state index in [4.69, 9.17) is 22.4 Å². The van der Waals surface area contributed by atoms with Gasteiger partial charge in [-0.3, -0.25) is 15.6 Å². The van der Waals surface area contributed by atoms with Crippen LogP contribution in [0.2, 0.25) is 5.02 Å². The second-order valence-corrected chi connectivity index (χ2v) is 12.7. The molecule has 4 rings (SSSR count). The van der Waals surface area contributed by atoms with Gasteiger partial charge in [-0.15, -0.1) is 0 Å². The Bertz CT molecular complexity index is 1290. The molecular weight excluding hydrogens is 530 g/mol. The molecule has 7 heteroatoms. The topological polar surface area (TPSA) is 104 Å². The summed E-state index contributed by atoms with van der Waals surface area (Å²) in [4.78, 5) is 14.8. The van der Waals surface area contributed by atoms with Crippen molar-refractivity contribution in [1.29, 1.82) is 16.1 Å². The number of nitrogens with one attached hydrogen (secondary N) is 3. The van der Waals surface area contributed by atoms with Gasteiger partial charge in [-0.25, -0.2) is 0 Å². The lowest BCUT2D eigenvalue weighted by Crippen LogP contribution is -2.50. The highest BCUT2D eigenvalue weighted by atomic mass is 35.5. The molecule has 0 heterocycles. The zero-order valence-corrected chi connectivity index (χ0v) is 25.5. The van der Waals surface area contributed by atoms with Gasteiger partial charge >= 0.3 is 0 Å². The van der Waals surface area contributed by atoms with E-state index in [1.165, 1.54) is 24.2 Å². The first-order chi connectivity index (χ1) is 19.6. The molecule has 1 aromatic rings. The molecule has 1 unspecified atom stereocenters. The van der Waals surface area contributed by atoms with Gasteiger partial charge in [-0.05, 0) is 112 Å². The van der Waals surface area contributed by atoms with E-state index in [9.17, 15) is 10.1 Å². The molecule has 41 heavy (non-hydrogen) atoms. The summed E-state index contributed by atoms with van der Waals surface area (Å²) in [5.74, 6) is 1.35. The Morgan fingerprint density at radius 2 is 2.05 bits per heavy atom. The number of allylic oxidation sites excluding steroid dienone is 4. The van der Waals surface area contributed by atoms with Crippen LogP contribution < -0.4 is 5.32 Å². The van der Waals surface area contributed by atoms with Crippen molar-refractivity contribution in [2.45, 2.75) is 77.7 Å². The third-order valence-electron chi connectivity index (χ3n) is 9.49. The highest BCUT2D eigenvalue weighted by Gasteiger charge is 2.50. The normalized spacial score (nSPS) is 25.0. The zero-order chi connectivity index (χ0) is 29.7. The van der Waals surface area contributed by atoms with Gasteiger partial charge in [0.1, 0.15) is 5.84 Å². The number of ketones is 1. The van der Waals surface area contributed by atoms with Gasteiger partial charge in [0.25, 0.3) is 0 Å². The molecule has 3 N–H and O–H groups in total. The average Bonchev–Trinajstić information content (AvgIpc) is 2.90. The van der Waals surface area contributed by atoms with Crippen LogP contribution >= 0.6 is 11.6 Å². The average molecular weight is 574 g/mol. The van der Waals surface area contributed by atoms with E-state index in [0.717, 1.165) is 65.9 Å². The van der Waals surface area contributed by atoms with Crippen LogP contribution in [0.3, 0.4) is 0 Å². The van der Waals surface area contributed by atoms with Crippen LogP contribution in [-0.2, 0) is 6.42 Å². The van der Waals surface area contributed by atoms with Crippen LogP contribution in [0.5, 0.6) is 0 Å². The lowest BCUT2D eigenvalue weighted by Gasteiger charge is -2.47. The molecule has 2 saturated carbocycles. The molecule has 2 fully saturated rings. The van der Waals surface area contributed by atoms with Gasteiger partial charge in [0.05, 0.1) is 17.8 Å². The smallest absolute Gasteiger partial charge is 0.163 e. The summed E-state index contributed by atoms with van der Waals surface area (Å²) in [7, 11) is 1.69. The molecule has 0 amide bonds. The highest BCUT2D eigenvalue weighted by Crippen LogP contribution is 2.52. The number of halogens is 1. The van der Waals surface area contributed by atoms with Gasteiger partial charge in [-0.2, -0.15) is 5.26 Å². The number of benzene rings is 1. The van der Waals surface area contributed by atoms with Crippen molar-refractivity contribution in [3.05, 3.63) is 69.8 Å². The number of amidine groups is 1. The summed E-state index contributed by atoms with van der Waals surface area (Å²) in [6, 6.07) is 6.57. The number of hydrogen-bond acceptors (Lipinski definition) is 5. The minimum absolute atomic E-state index is 0.107. The van der Waals surface area contributed by atoms with E-state index in [0.29, 0.717) is 30.1 Å². The lowest BCUT2D eigenvalue weighted by molar-refractivity contribution is 0.0946. The van der Waals surface area contributed by atoms with Crippen molar-refractivity contribution < 1.29 is 4.79 Å². The highest BCUT2D eigenvalue weighted by molar-refractivity contribution is 6.32. The number of fused-ring (bicyclic) bond motifs is 1. The molecule has 0 bridgehead atoms. The fourth-order valence-corrected chi connectivity index (χ4v) is 6.80. The lowest BCUT2D eigenvalue weighted by atomic mass is 9.57. The minimum Gasteiger partial charge on any atom is -0.324 e. The first-order valence-electron chi connectivity index (χ1n) is 15.0. The molecule has 1 aromatic carbocycles. The predicted octanol–water partition coefficient (Wildman–Crippen LogP) is 7.81. The Balaban J connectivity index is 1.44. The first kappa shape index (κ1) is 30.9. The van der Waals surface area contributed by atoms with Crippen LogP contribution in [0, 0.1) is 45.3 Å². The summed E-state index contributed by atoms with van der Waals surface area (Å²) in [6.07, 6.45) is 15.2. The maximum absolute atomic E-state index is 13.3. The van der Waals surface area contributed by atoms with E-state index < -0.39 is 5.41 Å². The molecule has 0 spiro atoms. The molecule has 3 aliphatic carbocycles.